The van der Waals surface area contributed by atoms with E-state index in [1.54, 1.807) is 11.3 Å². The van der Waals surface area contributed by atoms with E-state index in [9.17, 15) is 4.79 Å². The molecule has 2 N–H and O–H groups in total. The van der Waals surface area contributed by atoms with E-state index < -0.39 is 0 Å². The molecule has 0 unspecified atom stereocenters. The van der Waals surface area contributed by atoms with Gasteiger partial charge in [0.1, 0.15) is 0 Å². The van der Waals surface area contributed by atoms with E-state index in [1.807, 2.05) is 29.2 Å². The van der Waals surface area contributed by atoms with Crippen molar-refractivity contribution in [2.45, 2.75) is 51.5 Å². The monoisotopic (exact) mass is 357 g/mol. The van der Waals surface area contributed by atoms with Gasteiger partial charge in [0.05, 0.1) is 10.7 Å². The average Bonchev–Trinajstić information content (AvgIpc) is 3.12. The number of amides is 1. The number of carbonyl (C=O) groups excluding carboxylic acids is 1. The van der Waals surface area contributed by atoms with Crippen LogP contribution in [0.1, 0.15) is 66.2 Å². The minimum absolute atomic E-state index is 0.0983. The predicted molar refractivity (Wildman–Crippen MR) is 103 cm³/mol. The van der Waals surface area contributed by atoms with Crippen LogP contribution in [0.4, 0.5) is 0 Å². The van der Waals surface area contributed by atoms with E-state index in [-0.39, 0.29) is 11.3 Å². The zero-order chi connectivity index (χ0) is 18.0. The number of likely N-dealkylation sites (tertiary alicyclic amines) is 1. The summed E-state index contributed by atoms with van der Waals surface area (Å²) in [5, 5.41) is 3.41. The molecule has 25 heavy (non-hydrogen) atoms. The molecule has 0 saturated carbocycles. The van der Waals surface area contributed by atoms with E-state index in [4.69, 9.17) is 10.7 Å². The number of rotatable bonds is 3. The zero-order valence-electron chi connectivity index (χ0n) is 15.3. The molecule has 2 heterocycles. The van der Waals surface area contributed by atoms with Crippen molar-refractivity contribution in [2.24, 2.45) is 5.73 Å². The van der Waals surface area contributed by atoms with Gasteiger partial charge in [-0.05, 0) is 30.5 Å². The second kappa shape index (κ2) is 7.26. The van der Waals surface area contributed by atoms with E-state index in [2.05, 4.69) is 26.2 Å². The van der Waals surface area contributed by atoms with Crippen LogP contribution in [0.2, 0.25) is 0 Å². The Hall–Kier alpha value is -1.72. The summed E-state index contributed by atoms with van der Waals surface area (Å²) in [7, 11) is 0. The maximum absolute atomic E-state index is 12.7. The number of piperidine rings is 1. The molecule has 5 heteroatoms. The summed E-state index contributed by atoms with van der Waals surface area (Å²) < 4.78 is 0. The summed E-state index contributed by atoms with van der Waals surface area (Å²) in [6.45, 7) is 8.69. The van der Waals surface area contributed by atoms with Gasteiger partial charge in [0, 0.05) is 41.9 Å². The van der Waals surface area contributed by atoms with Crippen LogP contribution < -0.4 is 5.73 Å². The summed E-state index contributed by atoms with van der Waals surface area (Å²) >= 11 is 1.77. The fourth-order valence-corrected chi connectivity index (χ4v) is 4.33. The third kappa shape index (κ3) is 4.10. The molecule has 134 valence electrons. The minimum Gasteiger partial charge on any atom is -0.339 e. The maximum Gasteiger partial charge on any atom is 0.253 e. The van der Waals surface area contributed by atoms with Gasteiger partial charge in [-0.2, -0.15) is 0 Å². The van der Waals surface area contributed by atoms with E-state index in [0.29, 0.717) is 12.5 Å². The lowest BCUT2D eigenvalue weighted by Gasteiger charge is -2.31. The summed E-state index contributed by atoms with van der Waals surface area (Å²) in [5.41, 5.74) is 8.69. The molecule has 1 aromatic carbocycles. The molecule has 1 aromatic heterocycles. The first-order valence-corrected chi connectivity index (χ1v) is 9.80. The molecular weight excluding hydrogens is 330 g/mol. The topological polar surface area (TPSA) is 59.2 Å². The molecule has 4 nitrogen and oxygen atoms in total. The van der Waals surface area contributed by atoms with Gasteiger partial charge in [0.25, 0.3) is 5.91 Å². The standard InChI is InChI=1S/C20H27N3OS/c1-20(2,3)17-13-25-18(22-17)15-8-10-23(11-9-15)19(24)16-6-4-14(12-21)5-7-16/h4-7,13,15H,8-12,21H2,1-3H3. The molecule has 0 bridgehead atoms. The lowest BCUT2D eigenvalue weighted by Crippen LogP contribution is -2.37. The molecule has 0 aliphatic carbocycles. The quantitative estimate of drug-likeness (QED) is 0.906. The molecule has 1 amide bonds. The number of thiazole rings is 1. The molecule has 1 aliphatic rings. The average molecular weight is 358 g/mol. The zero-order valence-corrected chi connectivity index (χ0v) is 16.1. The van der Waals surface area contributed by atoms with Crippen LogP contribution in [0.15, 0.2) is 29.6 Å². The van der Waals surface area contributed by atoms with Crippen LogP contribution in [0.25, 0.3) is 0 Å². The highest BCUT2D eigenvalue weighted by Gasteiger charge is 2.27. The third-order valence-corrected chi connectivity index (χ3v) is 5.87. The number of nitrogens with two attached hydrogens (primary N) is 1. The van der Waals surface area contributed by atoms with Gasteiger partial charge in [-0.1, -0.05) is 32.9 Å². The van der Waals surface area contributed by atoms with Crippen LogP contribution in [0.3, 0.4) is 0 Å². The molecule has 0 spiro atoms. The SMILES string of the molecule is CC(C)(C)c1csc(C2CCN(C(=O)c3ccc(CN)cc3)CC2)n1. The first kappa shape index (κ1) is 18.1. The molecule has 3 rings (SSSR count). The third-order valence-electron chi connectivity index (χ3n) is 4.86. The molecule has 0 atom stereocenters. The van der Waals surface area contributed by atoms with Crippen LogP contribution in [0.5, 0.6) is 0 Å². The normalized spacial score (nSPS) is 16.2. The summed E-state index contributed by atoms with van der Waals surface area (Å²) in [6, 6.07) is 7.63. The van der Waals surface area contributed by atoms with Crippen molar-refractivity contribution in [3.8, 4) is 0 Å². The van der Waals surface area contributed by atoms with Crippen molar-refractivity contribution in [2.75, 3.05) is 13.1 Å². The van der Waals surface area contributed by atoms with Gasteiger partial charge in [0.15, 0.2) is 0 Å². The van der Waals surface area contributed by atoms with E-state index >= 15 is 0 Å². The molecule has 1 saturated heterocycles. The van der Waals surface area contributed by atoms with Gasteiger partial charge in [-0.3, -0.25) is 4.79 Å². The van der Waals surface area contributed by atoms with Crippen molar-refractivity contribution in [3.05, 3.63) is 51.5 Å². The summed E-state index contributed by atoms with van der Waals surface area (Å²) in [4.78, 5) is 19.5. The number of aromatic nitrogens is 1. The highest BCUT2D eigenvalue weighted by molar-refractivity contribution is 7.09. The minimum atomic E-state index is 0.0983. The summed E-state index contributed by atoms with van der Waals surface area (Å²) in [6.07, 6.45) is 1.98. The first-order chi connectivity index (χ1) is 11.9. The van der Waals surface area contributed by atoms with E-state index in [1.165, 1.54) is 10.7 Å². The van der Waals surface area contributed by atoms with Crippen molar-refractivity contribution < 1.29 is 4.79 Å². The van der Waals surface area contributed by atoms with Gasteiger partial charge >= 0.3 is 0 Å². The number of hydrogen-bond acceptors (Lipinski definition) is 4. The fourth-order valence-electron chi connectivity index (χ4n) is 3.12. The van der Waals surface area contributed by atoms with Crippen molar-refractivity contribution >= 4 is 17.2 Å². The first-order valence-electron chi connectivity index (χ1n) is 8.92. The molecule has 1 aliphatic heterocycles. The largest absolute Gasteiger partial charge is 0.339 e. The van der Waals surface area contributed by atoms with Crippen LogP contribution >= 0.6 is 11.3 Å². The molecule has 2 aromatic rings. The van der Waals surface area contributed by atoms with Gasteiger partial charge in [-0.25, -0.2) is 4.98 Å². The smallest absolute Gasteiger partial charge is 0.253 e. The Morgan fingerprint density at radius 3 is 2.40 bits per heavy atom. The highest BCUT2D eigenvalue weighted by Crippen LogP contribution is 2.33. The number of nitrogens with zero attached hydrogens (tertiary/aromatic N) is 2. The van der Waals surface area contributed by atoms with Gasteiger partial charge in [0.2, 0.25) is 0 Å². The Kier molecular flexibility index (Phi) is 5.25. The molecule has 1 fully saturated rings. The fraction of sp³-hybridized carbons (Fsp3) is 0.500. The van der Waals surface area contributed by atoms with Crippen molar-refractivity contribution in [1.29, 1.82) is 0 Å². The Bertz CT molecular complexity index is 722. The lowest BCUT2D eigenvalue weighted by atomic mass is 9.93. The predicted octanol–water partition coefficient (Wildman–Crippen LogP) is 3.92. The molecule has 0 radical (unpaired) electrons. The Balaban J connectivity index is 1.61. The number of hydrogen-bond donors (Lipinski definition) is 1. The van der Waals surface area contributed by atoms with E-state index in [0.717, 1.165) is 37.1 Å². The molecular formula is C20H27N3OS. The van der Waals surface area contributed by atoms with Crippen molar-refractivity contribution in [3.63, 3.8) is 0 Å². The van der Waals surface area contributed by atoms with Crippen LogP contribution in [-0.2, 0) is 12.0 Å². The van der Waals surface area contributed by atoms with Crippen molar-refractivity contribution in [1.82, 2.24) is 9.88 Å². The Morgan fingerprint density at radius 2 is 1.88 bits per heavy atom. The highest BCUT2D eigenvalue weighted by atomic mass is 32.1. The Labute approximate surface area is 154 Å². The van der Waals surface area contributed by atoms with Gasteiger partial charge in [-0.15, -0.1) is 11.3 Å². The van der Waals surface area contributed by atoms with Crippen LogP contribution in [0, 0.1) is 0 Å². The number of benzene rings is 1. The maximum atomic E-state index is 12.7. The lowest BCUT2D eigenvalue weighted by molar-refractivity contribution is 0.0713. The van der Waals surface area contributed by atoms with Crippen LogP contribution in [-0.4, -0.2) is 28.9 Å². The summed E-state index contributed by atoms with van der Waals surface area (Å²) in [5.74, 6) is 0.598. The second-order valence-electron chi connectivity index (χ2n) is 7.79. The number of carbonyl (C=O) groups is 1. The Morgan fingerprint density at radius 1 is 1.24 bits per heavy atom. The van der Waals surface area contributed by atoms with Gasteiger partial charge < -0.3 is 10.6 Å². The second-order valence-corrected chi connectivity index (χ2v) is 8.68.